The van der Waals surface area contributed by atoms with Crippen LogP contribution in [0.1, 0.15) is 13.8 Å². The van der Waals surface area contributed by atoms with E-state index < -0.39 is 15.8 Å². The van der Waals surface area contributed by atoms with Crippen LogP contribution in [0.5, 0.6) is 0 Å². The van der Waals surface area contributed by atoms with Crippen LogP contribution >= 0.6 is 15.9 Å². The number of hydrogen-bond donors (Lipinski definition) is 1. The van der Waals surface area contributed by atoms with Gasteiger partial charge in [-0.3, -0.25) is 4.90 Å². The molecule has 0 aromatic heterocycles. The number of halogens is 2. The molecule has 0 amide bonds. The minimum atomic E-state index is -3.69. The fraction of sp³-hybridized carbons (Fsp3) is 0.625. The Kier molecular flexibility index (Phi) is 6.78. The number of likely N-dealkylation sites (N-methyl/N-ethyl adjacent to an activating group) is 1. The predicted molar refractivity (Wildman–Crippen MR) is 97.0 cm³/mol. The highest BCUT2D eigenvalue weighted by atomic mass is 79.9. The lowest BCUT2D eigenvalue weighted by Crippen LogP contribution is -2.54. The molecule has 1 aromatic carbocycles. The van der Waals surface area contributed by atoms with Crippen molar-refractivity contribution < 1.29 is 12.8 Å². The third-order valence-corrected chi connectivity index (χ3v) is 6.84. The lowest BCUT2D eigenvalue weighted by Gasteiger charge is -2.39. The average molecular weight is 422 g/mol. The summed E-state index contributed by atoms with van der Waals surface area (Å²) in [5, 5.41) is 0. The van der Waals surface area contributed by atoms with E-state index in [1.165, 1.54) is 6.07 Å². The maximum Gasteiger partial charge on any atom is 0.241 e. The molecule has 0 bridgehead atoms. The highest BCUT2D eigenvalue weighted by molar-refractivity contribution is 9.10. The molecule has 0 spiro atoms. The fourth-order valence-corrected chi connectivity index (χ4v) is 5.00. The Morgan fingerprint density at radius 3 is 2.42 bits per heavy atom. The first-order valence-electron chi connectivity index (χ1n) is 8.08. The highest BCUT2D eigenvalue weighted by Crippen LogP contribution is 2.23. The summed E-state index contributed by atoms with van der Waals surface area (Å²) in [5.41, 5.74) is 0. The van der Waals surface area contributed by atoms with Gasteiger partial charge in [0.05, 0.1) is 4.90 Å². The molecule has 1 aliphatic heterocycles. The Morgan fingerprint density at radius 1 is 1.25 bits per heavy atom. The Morgan fingerprint density at radius 2 is 1.88 bits per heavy atom. The van der Waals surface area contributed by atoms with E-state index >= 15 is 0 Å². The minimum absolute atomic E-state index is 0.0600. The van der Waals surface area contributed by atoms with Crippen molar-refractivity contribution in [2.75, 3.05) is 39.8 Å². The van der Waals surface area contributed by atoms with Gasteiger partial charge in [-0.25, -0.2) is 17.5 Å². The van der Waals surface area contributed by atoms with Gasteiger partial charge >= 0.3 is 0 Å². The number of sulfonamides is 1. The first-order valence-corrected chi connectivity index (χ1v) is 10.4. The Labute approximate surface area is 152 Å². The smallest absolute Gasteiger partial charge is 0.241 e. The molecule has 1 aromatic rings. The fourth-order valence-electron chi connectivity index (χ4n) is 2.91. The molecule has 136 valence electrons. The van der Waals surface area contributed by atoms with Gasteiger partial charge in [-0.05, 0) is 47.1 Å². The van der Waals surface area contributed by atoms with Crippen LogP contribution in [0.3, 0.4) is 0 Å². The molecule has 0 radical (unpaired) electrons. The highest BCUT2D eigenvalue weighted by Gasteiger charge is 2.27. The molecule has 1 N–H and O–H groups in total. The number of benzene rings is 1. The van der Waals surface area contributed by atoms with E-state index in [9.17, 15) is 12.8 Å². The molecule has 1 fully saturated rings. The largest absolute Gasteiger partial charge is 0.304 e. The van der Waals surface area contributed by atoms with Crippen molar-refractivity contribution in [1.29, 1.82) is 0 Å². The van der Waals surface area contributed by atoms with Crippen molar-refractivity contribution in [2.24, 2.45) is 5.92 Å². The molecule has 2 rings (SSSR count). The number of nitrogens with one attached hydrogen (secondary N) is 1. The maximum absolute atomic E-state index is 13.2. The zero-order valence-electron chi connectivity index (χ0n) is 14.3. The quantitative estimate of drug-likeness (QED) is 0.764. The van der Waals surface area contributed by atoms with E-state index in [4.69, 9.17) is 0 Å². The first kappa shape index (κ1) is 19.8. The first-order chi connectivity index (χ1) is 11.2. The van der Waals surface area contributed by atoms with Crippen molar-refractivity contribution in [3.8, 4) is 0 Å². The normalized spacial score (nSPS) is 18.9. The van der Waals surface area contributed by atoms with Crippen LogP contribution in [-0.4, -0.2) is 64.0 Å². The van der Waals surface area contributed by atoms with Crippen molar-refractivity contribution in [2.45, 2.75) is 24.8 Å². The van der Waals surface area contributed by atoms with E-state index in [-0.39, 0.29) is 15.4 Å². The van der Waals surface area contributed by atoms with Crippen LogP contribution < -0.4 is 4.72 Å². The van der Waals surface area contributed by atoms with Crippen molar-refractivity contribution in [1.82, 2.24) is 14.5 Å². The summed E-state index contributed by atoms with van der Waals surface area (Å²) in [5.74, 6) is -0.147. The van der Waals surface area contributed by atoms with Crippen LogP contribution in [0.4, 0.5) is 4.39 Å². The molecule has 1 atom stereocenters. The van der Waals surface area contributed by atoms with Gasteiger partial charge in [0.15, 0.2) is 0 Å². The SMILES string of the molecule is CC(C)C(CNS(=O)(=O)c1ccc(F)cc1Br)N1CCN(C)CC1. The third kappa shape index (κ3) is 4.98. The molecule has 1 unspecified atom stereocenters. The monoisotopic (exact) mass is 421 g/mol. The van der Waals surface area contributed by atoms with Crippen LogP contribution in [0.15, 0.2) is 27.6 Å². The second-order valence-corrected chi connectivity index (χ2v) is 9.17. The lowest BCUT2D eigenvalue weighted by molar-refractivity contribution is 0.0905. The second kappa shape index (κ2) is 8.23. The molecule has 1 heterocycles. The maximum atomic E-state index is 13.2. The molecule has 5 nitrogen and oxygen atoms in total. The van der Waals surface area contributed by atoms with Crippen LogP contribution in [0.25, 0.3) is 0 Å². The van der Waals surface area contributed by atoms with E-state index in [1.54, 1.807) is 0 Å². The summed E-state index contributed by atoms with van der Waals surface area (Å²) >= 11 is 3.13. The van der Waals surface area contributed by atoms with Gasteiger partial charge in [0.25, 0.3) is 0 Å². The average Bonchev–Trinajstić information content (AvgIpc) is 2.48. The molecule has 0 aliphatic carbocycles. The van der Waals surface area contributed by atoms with Crippen molar-refractivity contribution in [3.05, 3.63) is 28.5 Å². The van der Waals surface area contributed by atoms with Gasteiger partial charge in [-0.1, -0.05) is 13.8 Å². The molecule has 1 saturated heterocycles. The van der Waals surface area contributed by atoms with E-state index in [2.05, 4.69) is 51.3 Å². The Balaban J connectivity index is 2.08. The van der Waals surface area contributed by atoms with Crippen LogP contribution in [-0.2, 0) is 10.0 Å². The van der Waals surface area contributed by atoms with Gasteiger partial charge in [0.1, 0.15) is 5.82 Å². The van der Waals surface area contributed by atoms with Gasteiger partial charge in [-0.2, -0.15) is 0 Å². The van der Waals surface area contributed by atoms with Crippen LogP contribution in [0.2, 0.25) is 0 Å². The van der Waals surface area contributed by atoms with Gasteiger partial charge in [0.2, 0.25) is 10.0 Å². The zero-order valence-corrected chi connectivity index (χ0v) is 16.7. The van der Waals surface area contributed by atoms with Crippen molar-refractivity contribution >= 4 is 26.0 Å². The topological polar surface area (TPSA) is 52.7 Å². The second-order valence-electron chi connectivity index (χ2n) is 6.58. The van der Waals surface area contributed by atoms with E-state index in [1.807, 2.05) is 0 Å². The number of rotatable bonds is 6. The Hall–Kier alpha value is -0.540. The number of piperazine rings is 1. The molecular formula is C16H25BrFN3O2S. The Bertz CT molecular complexity index is 661. The van der Waals surface area contributed by atoms with Crippen LogP contribution in [0, 0.1) is 11.7 Å². The molecule has 0 saturated carbocycles. The summed E-state index contributed by atoms with van der Waals surface area (Å²) in [6, 6.07) is 3.73. The summed E-state index contributed by atoms with van der Waals surface area (Å²) in [4.78, 5) is 4.67. The van der Waals surface area contributed by atoms with E-state index in [0.29, 0.717) is 12.5 Å². The summed E-state index contributed by atoms with van der Waals surface area (Å²) in [7, 11) is -1.59. The minimum Gasteiger partial charge on any atom is -0.304 e. The number of hydrogen-bond acceptors (Lipinski definition) is 4. The lowest BCUT2D eigenvalue weighted by atomic mass is 10.0. The standard InChI is InChI=1S/C16H25BrFN3O2S/c1-12(2)15(21-8-6-20(3)7-9-21)11-19-24(22,23)16-5-4-13(18)10-14(16)17/h4-5,10,12,15,19H,6-9,11H2,1-3H3. The summed E-state index contributed by atoms with van der Waals surface area (Å²) in [6.45, 7) is 8.38. The van der Waals surface area contributed by atoms with Crippen molar-refractivity contribution in [3.63, 3.8) is 0 Å². The molecule has 8 heteroatoms. The van der Waals surface area contributed by atoms with Gasteiger partial charge in [0, 0.05) is 43.2 Å². The predicted octanol–water partition coefficient (Wildman–Crippen LogP) is 2.14. The summed E-state index contributed by atoms with van der Waals surface area (Å²) < 4.78 is 41.2. The van der Waals surface area contributed by atoms with Gasteiger partial charge in [-0.15, -0.1) is 0 Å². The van der Waals surface area contributed by atoms with E-state index in [0.717, 1.165) is 38.3 Å². The molecule has 24 heavy (non-hydrogen) atoms. The molecular weight excluding hydrogens is 397 g/mol. The number of nitrogens with zero attached hydrogens (tertiary/aromatic N) is 2. The molecule has 1 aliphatic rings. The van der Waals surface area contributed by atoms with Gasteiger partial charge < -0.3 is 4.90 Å². The zero-order chi connectivity index (χ0) is 17.9. The summed E-state index contributed by atoms with van der Waals surface area (Å²) in [6.07, 6.45) is 0. The third-order valence-electron chi connectivity index (χ3n) is 4.44.